The predicted octanol–water partition coefficient (Wildman–Crippen LogP) is 5.55. The van der Waals surface area contributed by atoms with Gasteiger partial charge < -0.3 is 18.8 Å². The second-order valence-corrected chi connectivity index (χ2v) is 11.8. The molecule has 1 unspecified atom stereocenters. The number of ether oxygens (including phenoxy) is 3. The van der Waals surface area contributed by atoms with Crippen LogP contribution in [0.3, 0.4) is 0 Å². The van der Waals surface area contributed by atoms with Gasteiger partial charge in [0.15, 0.2) is 0 Å². The summed E-state index contributed by atoms with van der Waals surface area (Å²) in [7, 11) is 1.40. The molecule has 9 heteroatoms. The van der Waals surface area contributed by atoms with Crippen LogP contribution in [0.15, 0.2) is 24.7 Å². The van der Waals surface area contributed by atoms with Crippen LogP contribution in [0.2, 0.25) is 0 Å². The summed E-state index contributed by atoms with van der Waals surface area (Å²) in [6.45, 7) is 10.6. The lowest BCUT2D eigenvalue weighted by Gasteiger charge is -2.28. The van der Waals surface area contributed by atoms with Crippen molar-refractivity contribution in [2.24, 2.45) is 5.92 Å². The Morgan fingerprint density at radius 2 is 1.75 bits per heavy atom. The summed E-state index contributed by atoms with van der Waals surface area (Å²) in [6.07, 6.45) is 11.6. The zero-order valence-electron chi connectivity index (χ0n) is 22.7. The van der Waals surface area contributed by atoms with Crippen molar-refractivity contribution in [3.05, 3.63) is 30.4 Å². The summed E-state index contributed by atoms with van der Waals surface area (Å²) in [5.74, 6) is -0.289. The summed E-state index contributed by atoms with van der Waals surface area (Å²) in [6, 6.07) is 0.253. The minimum atomic E-state index is -0.791. The number of hydrogen-bond acceptors (Lipinski definition) is 7. The van der Waals surface area contributed by atoms with Crippen molar-refractivity contribution >= 4 is 18.2 Å². The van der Waals surface area contributed by atoms with Crippen LogP contribution in [0.4, 0.5) is 9.59 Å². The summed E-state index contributed by atoms with van der Waals surface area (Å²) in [5, 5.41) is 0. The van der Waals surface area contributed by atoms with Gasteiger partial charge in [0, 0.05) is 12.7 Å². The van der Waals surface area contributed by atoms with Gasteiger partial charge in [-0.2, -0.15) is 0 Å². The first-order valence-corrected chi connectivity index (χ1v) is 12.8. The standard InChI is InChI=1S/C27H41N3O6/c1-25(2,3)35-23(32)30(24(33)36-26(4,5)6)15-11-12-19-16-27(19,22(31)34-7)21-17-29(18-28-21)20-13-9-8-10-14-20/h9,13,17-20H,8,10-12,14-16H2,1-7H3/t19-,20?,27+/m0/s1. The fourth-order valence-electron chi connectivity index (χ4n) is 4.71. The average Bonchev–Trinajstić information content (AvgIpc) is 3.28. The second-order valence-electron chi connectivity index (χ2n) is 11.8. The van der Waals surface area contributed by atoms with Crippen molar-refractivity contribution in [1.29, 1.82) is 0 Å². The van der Waals surface area contributed by atoms with Crippen LogP contribution in [-0.2, 0) is 24.4 Å². The van der Waals surface area contributed by atoms with Crippen LogP contribution in [-0.4, -0.2) is 57.5 Å². The molecule has 1 heterocycles. The van der Waals surface area contributed by atoms with Gasteiger partial charge >= 0.3 is 18.2 Å². The molecule has 1 fully saturated rings. The summed E-state index contributed by atoms with van der Waals surface area (Å²) < 4.78 is 18.1. The molecule has 0 bridgehead atoms. The van der Waals surface area contributed by atoms with Gasteiger partial charge in [-0.3, -0.25) is 4.79 Å². The first kappa shape index (κ1) is 27.7. The Bertz CT molecular complexity index is 958. The van der Waals surface area contributed by atoms with Gasteiger partial charge in [0.1, 0.15) is 16.6 Å². The maximum Gasteiger partial charge on any atom is 0.419 e. The summed E-state index contributed by atoms with van der Waals surface area (Å²) in [5.41, 5.74) is -1.57. The number of carbonyl (C=O) groups is 3. The molecule has 3 atom stereocenters. The molecule has 0 spiro atoms. The van der Waals surface area contributed by atoms with Gasteiger partial charge in [0.2, 0.25) is 0 Å². The SMILES string of the molecule is COC(=O)[C@]1(c2cn(C3C=CCCC3)cn2)C[C@@H]1CCCN(C(=O)OC(C)(C)C)C(=O)OC(C)(C)C. The molecule has 2 aliphatic carbocycles. The van der Waals surface area contributed by atoms with Gasteiger partial charge in [-0.1, -0.05) is 12.2 Å². The van der Waals surface area contributed by atoms with Crippen molar-refractivity contribution < 1.29 is 28.6 Å². The number of methoxy groups -OCH3 is 1. The van der Waals surface area contributed by atoms with Crippen LogP contribution in [0.5, 0.6) is 0 Å². The molecule has 3 rings (SSSR count). The molecule has 2 aliphatic rings. The van der Waals surface area contributed by atoms with Crippen LogP contribution >= 0.6 is 0 Å². The van der Waals surface area contributed by atoms with Crippen molar-refractivity contribution in [3.63, 3.8) is 0 Å². The van der Waals surface area contributed by atoms with E-state index in [1.54, 1.807) is 47.9 Å². The van der Waals surface area contributed by atoms with Crippen LogP contribution in [0.25, 0.3) is 0 Å². The zero-order valence-corrected chi connectivity index (χ0v) is 22.7. The molecule has 0 radical (unpaired) electrons. The quantitative estimate of drug-likeness (QED) is 0.273. The minimum Gasteiger partial charge on any atom is -0.468 e. The highest BCUT2D eigenvalue weighted by molar-refractivity contribution is 5.88. The number of allylic oxidation sites excluding steroid dienone is 2. The van der Waals surface area contributed by atoms with Crippen molar-refractivity contribution in [2.75, 3.05) is 13.7 Å². The molecule has 36 heavy (non-hydrogen) atoms. The van der Waals surface area contributed by atoms with E-state index in [4.69, 9.17) is 14.2 Å². The lowest BCUT2D eigenvalue weighted by Crippen LogP contribution is -2.44. The van der Waals surface area contributed by atoms with Crippen molar-refractivity contribution in [2.45, 2.75) is 103 Å². The van der Waals surface area contributed by atoms with Gasteiger partial charge in [-0.05, 0) is 86.0 Å². The molecule has 200 valence electrons. The normalized spacial score (nSPS) is 23.6. The number of carbonyl (C=O) groups excluding carboxylic acids is 3. The number of rotatable bonds is 7. The largest absolute Gasteiger partial charge is 0.468 e. The molecule has 0 aromatic carbocycles. The van der Waals surface area contributed by atoms with E-state index in [1.165, 1.54) is 7.11 Å². The fourth-order valence-corrected chi connectivity index (χ4v) is 4.71. The third-order valence-corrected chi connectivity index (χ3v) is 6.49. The number of aromatic nitrogens is 2. The Labute approximate surface area is 214 Å². The van der Waals surface area contributed by atoms with E-state index in [2.05, 4.69) is 21.7 Å². The van der Waals surface area contributed by atoms with Gasteiger partial charge in [-0.25, -0.2) is 19.5 Å². The first-order valence-electron chi connectivity index (χ1n) is 12.8. The number of imidazole rings is 1. The van der Waals surface area contributed by atoms with Gasteiger partial charge in [0.25, 0.3) is 0 Å². The summed E-state index contributed by atoms with van der Waals surface area (Å²) in [4.78, 5) is 44.0. The number of nitrogens with zero attached hydrogens (tertiary/aromatic N) is 3. The maximum atomic E-state index is 12.9. The monoisotopic (exact) mass is 503 g/mol. The molecule has 0 saturated heterocycles. The second kappa shape index (κ2) is 10.6. The van der Waals surface area contributed by atoms with E-state index < -0.39 is 28.8 Å². The van der Waals surface area contributed by atoms with Gasteiger partial charge in [-0.15, -0.1) is 0 Å². The highest BCUT2D eigenvalue weighted by atomic mass is 16.6. The highest BCUT2D eigenvalue weighted by Gasteiger charge is 2.63. The zero-order chi connectivity index (χ0) is 26.7. The highest BCUT2D eigenvalue weighted by Crippen LogP contribution is 2.57. The lowest BCUT2D eigenvalue weighted by molar-refractivity contribution is -0.144. The van der Waals surface area contributed by atoms with Crippen molar-refractivity contribution in [1.82, 2.24) is 14.5 Å². The molecule has 9 nitrogen and oxygen atoms in total. The first-order chi connectivity index (χ1) is 16.8. The topological polar surface area (TPSA) is 100.0 Å². The third kappa shape index (κ3) is 6.68. The Morgan fingerprint density at radius 3 is 2.28 bits per heavy atom. The Balaban J connectivity index is 1.68. The number of amides is 2. The number of hydrogen-bond donors (Lipinski definition) is 0. The smallest absolute Gasteiger partial charge is 0.419 e. The van der Waals surface area contributed by atoms with E-state index >= 15 is 0 Å². The molecule has 1 aromatic heterocycles. The molecular formula is C27H41N3O6. The van der Waals surface area contributed by atoms with E-state index in [0.29, 0.717) is 19.3 Å². The van der Waals surface area contributed by atoms with E-state index in [-0.39, 0.29) is 24.5 Å². The van der Waals surface area contributed by atoms with Crippen LogP contribution in [0.1, 0.15) is 91.8 Å². The number of imide groups is 1. The molecule has 1 aromatic rings. The molecule has 0 aliphatic heterocycles. The van der Waals surface area contributed by atoms with Crippen LogP contribution in [0, 0.1) is 5.92 Å². The van der Waals surface area contributed by atoms with E-state index in [1.807, 2.05) is 6.20 Å². The maximum absolute atomic E-state index is 12.9. The van der Waals surface area contributed by atoms with Gasteiger partial charge in [0.05, 0.1) is 25.2 Å². The van der Waals surface area contributed by atoms with Crippen molar-refractivity contribution in [3.8, 4) is 0 Å². The summed E-state index contributed by atoms with van der Waals surface area (Å²) >= 11 is 0. The Kier molecular flexibility index (Phi) is 8.20. The Morgan fingerprint density at radius 1 is 1.11 bits per heavy atom. The van der Waals surface area contributed by atoms with E-state index in [0.717, 1.165) is 29.9 Å². The molecular weight excluding hydrogens is 462 g/mol. The lowest BCUT2D eigenvalue weighted by atomic mass is 9.97. The Hall–Kier alpha value is -2.84. The molecule has 0 N–H and O–H groups in total. The van der Waals surface area contributed by atoms with E-state index in [9.17, 15) is 14.4 Å². The fraction of sp³-hybridized carbons (Fsp3) is 0.704. The minimum absolute atomic E-state index is 0.00863. The van der Waals surface area contributed by atoms with Crippen LogP contribution < -0.4 is 0 Å². The third-order valence-electron chi connectivity index (χ3n) is 6.49. The molecule has 2 amide bonds. The molecule has 1 saturated carbocycles. The average molecular weight is 504 g/mol. The predicted molar refractivity (Wildman–Crippen MR) is 134 cm³/mol. The number of esters is 1.